The van der Waals surface area contributed by atoms with Crippen molar-refractivity contribution < 1.29 is 24.6 Å². The van der Waals surface area contributed by atoms with Crippen LogP contribution < -0.4 is 0 Å². The molecule has 0 bridgehead atoms. The standard InChI is InChI=1S/C12H22N3O8/c1-11(2)5-9(6-12(3,4)13(11)16)21-7-10(23-15(19)20)8-22-14(17)18/h9-10H,5-8H2,1-4H3/q-1. The van der Waals surface area contributed by atoms with E-state index < -0.39 is 34.0 Å². The minimum Gasteiger partial charge on any atom is -0.784 e. The van der Waals surface area contributed by atoms with Crippen molar-refractivity contribution >= 4 is 0 Å². The predicted molar refractivity (Wildman–Crippen MR) is 77.2 cm³/mol. The molecule has 0 amide bonds. The lowest BCUT2D eigenvalue weighted by Gasteiger charge is -2.59. The highest BCUT2D eigenvalue weighted by atomic mass is 17.0. The molecule has 0 aliphatic carbocycles. The van der Waals surface area contributed by atoms with Gasteiger partial charge in [0.15, 0.2) is 6.10 Å². The largest absolute Gasteiger partial charge is 0.784 e. The summed E-state index contributed by atoms with van der Waals surface area (Å²) in [4.78, 5) is 29.0. The molecule has 1 heterocycles. The van der Waals surface area contributed by atoms with Gasteiger partial charge in [-0.3, -0.25) is 0 Å². The summed E-state index contributed by atoms with van der Waals surface area (Å²) in [6.07, 6.45) is -0.673. The first-order valence-corrected chi connectivity index (χ1v) is 7.11. The van der Waals surface area contributed by atoms with Crippen molar-refractivity contribution in [1.29, 1.82) is 0 Å². The van der Waals surface area contributed by atoms with Crippen LogP contribution in [-0.4, -0.2) is 51.7 Å². The van der Waals surface area contributed by atoms with Gasteiger partial charge in [0, 0.05) is 11.1 Å². The minimum atomic E-state index is -1.22. The van der Waals surface area contributed by atoms with Crippen molar-refractivity contribution in [1.82, 2.24) is 5.06 Å². The molecule has 0 saturated carbocycles. The van der Waals surface area contributed by atoms with Crippen molar-refractivity contribution in [3.63, 3.8) is 0 Å². The number of hydroxylamine groups is 2. The van der Waals surface area contributed by atoms with E-state index in [-0.39, 0.29) is 12.7 Å². The molecule has 1 atom stereocenters. The van der Waals surface area contributed by atoms with Gasteiger partial charge >= 0.3 is 0 Å². The van der Waals surface area contributed by atoms with Gasteiger partial charge in [0.05, 0.1) is 12.7 Å². The second kappa shape index (κ2) is 7.23. The Hall–Kier alpha value is -1.72. The summed E-state index contributed by atoms with van der Waals surface area (Å²) in [6.45, 7) is 6.30. The molecule has 1 saturated heterocycles. The summed E-state index contributed by atoms with van der Waals surface area (Å²) in [5.41, 5.74) is -1.30. The highest BCUT2D eigenvalue weighted by Crippen LogP contribution is 2.38. The molecular formula is C12H22N3O8-. The van der Waals surface area contributed by atoms with Gasteiger partial charge in [0.1, 0.15) is 6.61 Å². The Bertz CT molecular complexity index is 424. The van der Waals surface area contributed by atoms with Crippen LogP contribution in [0.1, 0.15) is 40.5 Å². The van der Waals surface area contributed by atoms with Gasteiger partial charge < -0.3 is 24.7 Å². The molecule has 0 aromatic heterocycles. The van der Waals surface area contributed by atoms with Crippen LogP contribution >= 0.6 is 0 Å². The van der Waals surface area contributed by atoms with E-state index >= 15 is 0 Å². The maximum absolute atomic E-state index is 12.2. The SMILES string of the molecule is CC1(C)CC(OCC(CO[N+](=O)[O-])O[N+](=O)[O-])CC(C)(C)N1[O-]. The monoisotopic (exact) mass is 336 g/mol. The second-order valence-electron chi connectivity index (χ2n) is 6.75. The number of hydrogen-bond donors (Lipinski definition) is 0. The lowest BCUT2D eigenvalue weighted by atomic mass is 9.80. The first-order chi connectivity index (χ1) is 10.4. The normalized spacial score (nSPS) is 22.3. The van der Waals surface area contributed by atoms with E-state index in [4.69, 9.17) is 4.74 Å². The van der Waals surface area contributed by atoms with Crippen LogP contribution in [0.3, 0.4) is 0 Å². The van der Waals surface area contributed by atoms with Crippen molar-refractivity contribution in [3.8, 4) is 0 Å². The average molecular weight is 336 g/mol. The summed E-state index contributed by atoms with van der Waals surface area (Å²) < 4.78 is 5.60. The van der Waals surface area contributed by atoms with E-state index in [0.29, 0.717) is 12.8 Å². The molecule has 1 unspecified atom stereocenters. The van der Waals surface area contributed by atoms with Gasteiger partial charge in [-0.25, -0.2) is 0 Å². The zero-order valence-corrected chi connectivity index (χ0v) is 13.6. The fourth-order valence-corrected chi connectivity index (χ4v) is 2.91. The van der Waals surface area contributed by atoms with Gasteiger partial charge in [-0.15, -0.1) is 20.2 Å². The van der Waals surface area contributed by atoms with E-state index in [9.17, 15) is 25.4 Å². The third kappa shape index (κ3) is 5.77. The summed E-state index contributed by atoms with van der Waals surface area (Å²) in [5, 5.41) is 31.7. The second-order valence-corrected chi connectivity index (χ2v) is 6.75. The molecule has 0 aromatic carbocycles. The smallest absolute Gasteiger partial charge is 0.294 e. The molecule has 0 spiro atoms. The average Bonchev–Trinajstić information content (AvgIpc) is 2.38. The van der Waals surface area contributed by atoms with E-state index in [2.05, 4.69) is 9.68 Å². The summed E-state index contributed by atoms with van der Waals surface area (Å²) in [6, 6.07) is 0. The molecule has 0 aromatic rings. The predicted octanol–water partition coefficient (Wildman–Crippen LogP) is 1.31. The van der Waals surface area contributed by atoms with Gasteiger partial charge in [0.25, 0.3) is 10.2 Å². The molecule has 1 rings (SSSR count). The maximum atomic E-state index is 12.2. The van der Waals surface area contributed by atoms with E-state index in [0.717, 1.165) is 5.06 Å². The molecule has 23 heavy (non-hydrogen) atoms. The number of ether oxygens (including phenoxy) is 1. The fourth-order valence-electron chi connectivity index (χ4n) is 2.91. The third-order valence-electron chi connectivity index (χ3n) is 3.67. The minimum absolute atomic E-state index is 0.246. The van der Waals surface area contributed by atoms with Crippen LogP contribution in [0.2, 0.25) is 0 Å². The number of hydrogen-bond acceptors (Lipinski definition) is 9. The Morgan fingerprint density at radius 2 is 1.61 bits per heavy atom. The van der Waals surface area contributed by atoms with Crippen molar-refractivity contribution in [2.75, 3.05) is 13.2 Å². The Labute approximate surface area is 133 Å². The maximum Gasteiger partial charge on any atom is 0.294 e. The molecule has 1 aliphatic heterocycles. The number of rotatable bonds is 8. The van der Waals surface area contributed by atoms with Crippen LogP contribution in [0.15, 0.2) is 0 Å². The fraction of sp³-hybridized carbons (Fsp3) is 1.00. The molecule has 0 N–H and O–H groups in total. The highest BCUT2D eigenvalue weighted by molar-refractivity contribution is 5.01. The summed E-state index contributed by atoms with van der Waals surface area (Å²) >= 11 is 0. The third-order valence-corrected chi connectivity index (χ3v) is 3.67. The Balaban J connectivity index is 2.62. The lowest BCUT2D eigenvalue weighted by molar-refractivity contribution is -0.790. The molecular weight excluding hydrogens is 314 g/mol. The number of nitrogens with zero attached hydrogens (tertiary/aromatic N) is 3. The van der Waals surface area contributed by atoms with Crippen LogP contribution in [0.5, 0.6) is 0 Å². The van der Waals surface area contributed by atoms with E-state index in [1.54, 1.807) is 27.7 Å². The Morgan fingerprint density at radius 1 is 1.09 bits per heavy atom. The summed E-state index contributed by atoms with van der Waals surface area (Å²) in [7, 11) is 0. The molecule has 0 radical (unpaired) electrons. The van der Waals surface area contributed by atoms with Gasteiger partial charge in [0.2, 0.25) is 0 Å². The topological polar surface area (TPSA) is 140 Å². The molecule has 11 nitrogen and oxygen atoms in total. The van der Waals surface area contributed by atoms with E-state index in [1.165, 1.54) is 0 Å². The van der Waals surface area contributed by atoms with Gasteiger partial charge in [-0.1, -0.05) is 0 Å². The molecule has 1 aliphatic rings. The molecule has 11 heteroatoms. The van der Waals surface area contributed by atoms with Gasteiger partial charge in [-0.2, -0.15) is 0 Å². The Kier molecular flexibility index (Phi) is 6.08. The van der Waals surface area contributed by atoms with Crippen LogP contribution in [0.25, 0.3) is 0 Å². The quantitative estimate of drug-likeness (QED) is 0.473. The first-order valence-electron chi connectivity index (χ1n) is 7.11. The zero-order valence-electron chi connectivity index (χ0n) is 13.6. The summed E-state index contributed by atoms with van der Waals surface area (Å²) in [5.74, 6) is 0. The van der Waals surface area contributed by atoms with Crippen molar-refractivity contribution in [2.45, 2.75) is 63.8 Å². The molecule has 134 valence electrons. The van der Waals surface area contributed by atoms with E-state index in [1.807, 2.05) is 0 Å². The van der Waals surface area contributed by atoms with Gasteiger partial charge in [-0.05, 0) is 40.5 Å². The number of piperidine rings is 1. The Morgan fingerprint density at radius 3 is 2.04 bits per heavy atom. The zero-order chi connectivity index (χ0) is 17.8. The highest BCUT2D eigenvalue weighted by Gasteiger charge is 2.40. The van der Waals surface area contributed by atoms with Crippen LogP contribution in [0, 0.1) is 25.4 Å². The lowest BCUT2D eigenvalue weighted by Crippen LogP contribution is -2.59. The van der Waals surface area contributed by atoms with Crippen LogP contribution in [0.4, 0.5) is 0 Å². The van der Waals surface area contributed by atoms with Crippen molar-refractivity contribution in [3.05, 3.63) is 25.4 Å². The molecule has 1 fully saturated rings. The van der Waals surface area contributed by atoms with Crippen LogP contribution in [-0.2, 0) is 14.4 Å². The first kappa shape index (κ1) is 19.3. The van der Waals surface area contributed by atoms with Crippen molar-refractivity contribution in [2.24, 2.45) is 0 Å².